The summed E-state index contributed by atoms with van der Waals surface area (Å²) in [7, 11) is 0. The molecule has 0 bridgehead atoms. The molecule has 1 aliphatic heterocycles. The molecule has 1 aliphatic rings. The SMILES string of the molecule is O=C(O)C(F)(F)F.c1ccc(-n2nnc3ccccc32)c(CN2CCC(n3ccnc3)CC2)c1. The van der Waals surface area contributed by atoms with Crippen LogP contribution in [0.2, 0.25) is 0 Å². The summed E-state index contributed by atoms with van der Waals surface area (Å²) in [6, 6.07) is 17.2. The van der Waals surface area contributed by atoms with Gasteiger partial charge in [-0.3, -0.25) is 4.90 Å². The van der Waals surface area contributed by atoms with Gasteiger partial charge in [-0.25, -0.2) is 14.5 Å². The fourth-order valence-corrected chi connectivity index (χ4v) is 4.00. The van der Waals surface area contributed by atoms with Gasteiger partial charge in [0, 0.05) is 38.1 Å². The van der Waals surface area contributed by atoms with Crippen molar-refractivity contribution in [2.75, 3.05) is 13.1 Å². The second-order valence-electron chi connectivity index (χ2n) is 7.94. The molecule has 3 heterocycles. The number of likely N-dealkylation sites (tertiary alicyclic amines) is 1. The summed E-state index contributed by atoms with van der Waals surface area (Å²) in [6.45, 7) is 3.12. The van der Waals surface area contributed by atoms with E-state index >= 15 is 0 Å². The van der Waals surface area contributed by atoms with Gasteiger partial charge >= 0.3 is 12.1 Å². The Morgan fingerprint density at radius 1 is 1.06 bits per heavy atom. The molecule has 178 valence electrons. The molecule has 2 aromatic heterocycles. The monoisotopic (exact) mass is 472 g/mol. The molecule has 8 nitrogen and oxygen atoms in total. The standard InChI is InChI=1S/C21H22N6.C2HF3O2/c1-3-7-20(27-21-8-4-2-6-19(21)23-24-27)17(5-1)15-25-12-9-18(10-13-25)26-14-11-22-16-26;3-2(4,5)1(6)7/h1-8,11,14,16,18H,9-10,12-13,15H2;(H,6,7). The van der Waals surface area contributed by atoms with Crippen molar-refractivity contribution in [1.29, 1.82) is 0 Å². The van der Waals surface area contributed by atoms with Gasteiger partial charge in [-0.05, 0) is 36.6 Å². The van der Waals surface area contributed by atoms with Gasteiger partial charge in [0.15, 0.2) is 0 Å². The molecule has 0 unspecified atom stereocenters. The number of alkyl halides is 3. The number of carbonyl (C=O) groups is 1. The Labute approximate surface area is 193 Å². The zero-order chi connectivity index (χ0) is 24.1. The maximum absolute atomic E-state index is 10.6. The van der Waals surface area contributed by atoms with E-state index in [2.05, 4.69) is 61.3 Å². The minimum absolute atomic E-state index is 0.568. The van der Waals surface area contributed by atoms with Crippen LogP contribution in [0.15, 0.2) is 67.3 Å². The number of fused-ring (bicyclic) bond motifs is 1. The first-order chi connectivity index (χ1) is 16.3. The van der Waals surface area contributed by atoms with Crippen molar-refractivity contribution >= 4 is 17.0 Å². The van der Waals surface area contributed by atoms with E-state index in [4.69, 9.17) is 9.90 Å². The van der Waals surface area contributed by atoms with E-state index in [-0.39, 0.29) is 0 Å². The molecule has 1 saturated heterocycles. The number of rotatable bonds is 4. The summed E-state index contributed by atoms with van der Waals surface area (Å²) in [5.41, 5.74) is 4.37. The Morgan fingerprint density at radius 3 is 2.41 bits per heavy atom. The summed E-state index contributed by atoms with van der Waals surface area (Å²) < 4.78 is 35.9. The minimum Gasteiger partial charge on any atom is -0.475 e. The highest BCUT2D eigenvalue weighted by molar-refractivity contribution is 5.76. The zero-order valence-electron chi connectivity index (χ0n) is 18.1. The zero-order valence-corrected chi connectivity index (χ0v) is 18.1. The summed E-state index contributed by atoms with van der Waals surface area (Å²) in [4.78, 5) is 15.6. The molecule has 0 aliphatic carbocycles. The highest BCUT2D eigenvalue weighted by Gasteiger charge is 2.38. The molecule has 2 aromatic carbocycles. The molecule has 0 saturated carbocycles. The van der Waals surface area contributed by atoms with Crippen molar-refractivity contribution in [3.05, 3.63) is 72.8 Å². The maximum Gasteiger partial charge on any atom is 0.490 e. The lowest BCUT2D eigenvalue weighted by Gasteiger charge is -2.32. The van der Waals surface area contributed by atoms with Gasteiger partial charge in [0.25, 0.3) is 0 Å². The van der Waals surface area contributed by atoms with Crippen LogP contribution in [0.5, 0.6) is 0 Å². The van der Waals surface area contributed by atoms with Crippen LogP contribution in [0.3, 0.4) is 0 Å². The third-order valence-corrected chi connectivity index (χ3v) is 5.71. The first-order valence-electron chi connectivity index (χ1n) is 10.7. The minimum atomic E-state index is -5.08. The fourth-order valence-electron chi connectivity index (χ4n) is 4.00. The largest absolute Gasteiger partial charge is 0.490 e. The second-order valence-corrected chi connectivity index (χ2v) is 7.94. The van der Waals surface area contributed by atoms with Gasteiger partial charge in [0.05, 0.1) is 17.5 Å². The Kier molecular flexibility index (Phi) is 6.92. The summed E-state index contributed by atoms with van der Waals surface area (Å²) in [5, 5.41) is 15.8. The van der Waals surface area contributed by atoms with Crippen molar-refractivity contribution in [2.45, 2.75) is 31.6 Å². The van der Waals surface area contributed by atoms with Crippen molar-refractivity contribution < 1.29 is 23.1 Å². The highest BCUT2D eigenvalue weighted by Crippen LogP contribution is 2.25. The molecule has 0 spiro atoms. The quantitative estimate of drug-likeness (QED) is 0.481. The average Bonchev–Trinajstić information content (AvgIpc) is 3.50. The normalized spacial score (nSPS) is 15.1. The van der Waals surface area contributed by atoms with Crippen LogP contribution < -0.4 is 0 Å². The Balaban J connectivity index is 0.000000344. The van der Waals surface area contributed by atoms with Gasteiger partial charge in [0.2, 0.25) is 0 Å². The number of aromatic nitrogens is 5. The van der Waals surface area contributed by atoms with Gasteiger partial charge in [-0.15, -0.1) is 5.10 Å². The number of nitrogens with zero attached hydrogens (tertiary/aromatic N) is 6. The molecule has 4 aromatic rings. The van der Waals surface area contributed by atoms with Gasteiger partial charge in [0.1, 0.15) is 5.52 Å². The molecule has 0 amide bonds. The number of benzene rings is 2. The summed E-state index contributed by atoms with van der Waals surface area (Å²) >= 11 is 0. The number of halogens is 3. The lowest BCUT2D eigenvalue weighted by atomic mass is 10.0. The van der Waals surface area contributed by atoms with E-state index < -0.39 is 12.1 Å². The van der Waals surface area contributed by atoms with Crippen LogP contribution in [0.1, 0.15) is 24.4 Å². The highest BCUT2D eigenvalue weighted by atomic mass is 19.4. The molecule has 5 rings (SSSR count). The van der Waals surface area contributed by atoms with Crippen molar-refractivity contribution in [2.24, 2.45) is 0 Å². The summed E-state index contributed by atoms with van der Waals surface area (Å²) in [6.07, 6.45) is 3.11. The molecule has 34 heavy (non-hydrogen) atoms. The third kappa shape index (κ3) is 5.42. The third-order valence-electron chi connectivity index (χ3n) is 5.71. The molecule has 0 atom stereocenters. The Morgan fingerprint density at radius 2 is 1.74 bits per heavy atom. The molecule has 11 heteroatoms. The average molecular weight is 472 g/mol. The van der Waals surface area contributed by atoms with E-state index in [0.717, 1.165) is 49.2 Å². The molecule has 0 radical (unpaired) electrons. The van der Waals surface area contributed by atoms with E-state index in [1.54, 1.807) is 0 Å². The molecule has 1 N–H and O–H groups in total. The van der Waals surface area contributed by atoms with Crippen LogP contribution in [0, 0.1) is 0 Å². The van der Waals surface area contributed by atoms with Crippen molar-refractivity contribution in [3.8, 4) is 5.69 Å². The molecular weight excluding hydrogens is 449 g/mol. The molecule has 1 fully saturated rings. The van der Waals surface area contributed by atoms with Crippen molar-refractivity contribution in [1.82, 2.24) is 29.4 Å². The second kappa shape index (κ2) is 10.0. The van der Waals surface area contributed by atoms with E-state index in [9.17, 15) is 13.2 Å². The lowest BCUT2D eigenvalue weighted by molar-refractivity contribution is -0.192. The van der Waals surface area contributed by atoms with Gasteiger partial charge in [-0.1, -0.05) is 35.5 Å². The number of carboxylic acid groups (broad SMARTS) is 1. The predicted octanol–water partition coefficient (Wildman–Crippen LogP) is 4.09. The van der Waals surface area contributed by atoms with E-state index in [0.29, 0.717) is 6.04 Å². The van der Waals surface area contributed by atoms with E-state index in [1.807, 2.05) is 35.4 Å². The maximum atomic E-state index is 10.6. The molecular formula is C23H23F3N6O2. The topological polar surface area (TPSA) is 89.1 Å². The Bertz CT molecular complexity index is 1230. The van der Waals surface area contributed by atoms with Crippen LogP contribution in [-0.2, 0) is 11.3 Å². The van der Waals surface area contributed by atoms with Crippen LogP contribution in [-0.4, -0.2) is 59.8 Å². The van der Waals surface area contributed by atoms with E-state index in [1.165, 1.54) is 5.56 Å². The fraction of sp³-hybridized carbons (Fsp3) is 0.304. The number of piperidine rings is 1. The number of hydrogen-bond acceptors (Lipinski definition) is 5. The number of hydrogen-bond donors (Lipinski definition) is 1. The Hall–Kier alpha value is -3.73. The number of para-hydroxylation sites is 2. The van der Waals surface area contributed by atoms with Crippen LogP contribution >= 0.6 is 0 Å². The van der Waals surface area contributed by atoms with Gasteiger partial charge < -0.3 is 9.67 Å². The number of imidazole rings is 1. The lowest BCUT2D eigenvalue weighted by Crippen LogP contribution is -2.34. The number of aliphatic carboxylic acids is 1. The van der Waals surface area contributed by atoms with Gasteiger partial charge in [-0.2, -0.15) is 13.2 Å². The predicted molar refractivity (Wildman–Crippen MR) is 118 cm³/mol. The van der Waals surface area contributed by atoms with Crippen LogP contribution in [0.4, 0.5) is 13.2 Å². The summed E-state index contributed by atoms with van der Waals surface area (Å²) in [5.74, 6) is -2.76. The first-order valence-corrected chi connectivity index (χ1v) is 10.7. The van der Waals surface area contributed by atoms with Crippen molar-refractivity contribution in [3.63, 3.8) is 0 Å². The first kappa shape index (κ1) is 23.4. The smallest absolute Gasteiger partial charge is 0.475 e. The van der Waals surface area contributed by atoms with Crippen LogP contribution in [0.25, 0.3) is 16.7 Å². The number of carboxylic acids is 1.